The molecule has 0 fully saturated rings. The number of ether oxygens (including phenoxy) is 3. The molecule has 3 aromatic carbocycles. The van der Waals surface area contributed by atoms with Crippen LogP contribution in [-0.2, 0) is 25.8 Å². The first-order valence-corrected chi connectivity index (χ1v) is 12.0. The number of hydrogen-bond acceptors (Lipinski definition) is 5. The Morgan fingerprint density at radius 3 is 2.44 bits per heavy atom. The van der Waals surface area contributed by atoms with Crippen molar-refractivity contribution in [2.24, 2.45) is 0 Å². The van der Waals surface area contributed by atoms with Gasteiger partial charge in [-0.1, -0.05) is 42.5 Å². The standard InChI is InChI=1S/C29H35NO4/c1-32-28-14-11-22(17-29(28)33-2)15-16-30(19-23-7-4-3-5-8-23)20-26(31)21-34-27-13-12-24-9-6-10-25(24)18-27/h3-5,7-8,11-14,17-18,26,31H,6,9-10,15-16,19-21H2,1-2H3. The van der Waals surface area contributed by atoms with Crippen molar-refractivity contribution in [2.75, 3.05) is 33.9 Å². The van der Waals surface area contributed by atoms with Crippen LogP contribution in [0.15, 0.2) is 66.7 Å². The van der Waals surface area contributed by atoms with E-state index >= 15 is 0 Å². The van der Waals surface area contributed by atoms with E-state index in [1.54, 1.807) is 14.2 Å². The third-order valence-corrected chi connectivity index (χ3v) is 6.39. The van der Waals surface area contributed by atoms with Crippen LogP contribution in [0.1, 0.15) is 28.7 Å². The molecule has 0 saturated heterocycles. The van der Waals surface area contributed by atoms with Gasteiger partial charge in [-0.05, 0) is 72.2 Å². The predicted molar refractivity (Wildman–Crippen MR) is 135 cm³/mol. The quantitative estimate of drug-likeness (QED) is 0.425. The van der Waals surface area contributed by atoms with Crippen LogP contribution in [0.25, 0.3) is 0 Å². The van der Waals surface area contributed by atoms with E-state index in [0.29, 0.717) is 6.54 Å². The lowest BCUT2D eigenvalue weighted by Gasteiger charge is -2.25. The SMILES string of the molecule is COc1ccc(CCN(Cc2ccccc2)CC(O)COc2ccc3c(c2)CCC3)cc1OC. The monoisotopic (exact) mass is 461 g/mol. The van der Waals surface area contributed by atoms with Crippen molar-refractivity contribution in [1.29, 1.82) is 0 Å². The lowest BCUT2D eigenvalue weighted by Crippen LogP contribution is -2.36. The largest absolute Gasteiger partial charge is 0.493 e. The Hall–Kier alpha value is -3.02. The highest BCUT2D eigenvalue weighted by atomic mass is 16.5. The zero-order chi connectivity index (χ0) is 23.8. The second-order valence-electron chi connectivity index (χ2n) is 8.91. The van der Waals surface area contributed by atoms with E-state index in [4.69, 9.17) is 14.2 Å². The summed E-state index contributed by atoms with van der Waals surface area (Å²) in [4.78, 5) is 2.28. The molecule has 1 aliphatic rings. The van der Waals surface area contributed by atoms with E-state index in [9.17, 15) is 5.11 Å². The minimum Gasteiger partial charge on any atom is -0.493 e. The Labute approximate surface area is 202 Å². The molecule has 0 spiro atoms. The van der Waals surface area contributed by atoms with Crippen LogP contribution in [0.4, 0.5) is 0 Å². The van der Waals surface area contributed by atoms with E-state index in [1.165, 1.54) is 28.7 Å². The highest BCUT2D eigenvalue weighted by Gasteiger charge is 2.16. The molecule has 5 heteroatoms. The molecular formula is C29H35NO4. The second kappa shape index (κ2) is 11.9. The maximum absolute atomic E-state index is 10.8. The van der Waals surface area contributed by atoms with Gasteiger partial charge in [0.25, 0.3) is 0 Å². The first-order chi connectivity index (χ1) is 16.6. The molecule has 180 valence electrons. The number of methoxy groups -OCH3 is 2. The lowest BCUT2D eigenvalue weighted by atomic mass is 10.1. The molecule has 4 rings (SSSR count). The molecule has 0 aromatic heterocycles. The van der Waals surface area contributed by atoms with E-state index in [0.717, 1.165) is 49.6 Å². The molecule has 0 saturated carbocycles. The van der Waals surface area contributed by atoms with Crippen molar-refractivity contribution in [3.05, 3.63) is 89.0 Å². The maximum atomic E-state index is 10.8. The minimum absolute atomic E-state index is 0.278. The summed E-state index contributed by atoms with van der Waals surface area (Å²) >= 11 is 0. The van der Waals surface area contributed by atoms with Gasteiger partial charge in [-0.15, -0.1) is 0 Å². The topological polar surface area (TPSA) is 51.2 Å². The van der Waals surface area contributed by atoms with Crippen LogP contribution in [0.3, 0.4) is 0 Å². The Kier molecular flexibility index (Phi) is 8.45. The van der Waals surface area contributed by atoms with E-state index in [2.05, 4.69) is 47.4 Å². The highest BCUT2D eigenvalue weighted by Crippen LogP contribution is 2.28. The third-order valence-electron chi connectivity index (χ3n) is 6.39. The first kappa shape index (κ1) is 24.1. The molecule has 0 heterocycles. The van der Waals surface area contributed by atoms with Crippen molar-refractivity contribution in [3.63, 3.8) is 0 Å². The Bertz CT molecular complexity index is 1050. The number of nitrogens with zero attached hydrogens (tertiary/aromatic N) is 1. The van der Waals surface area contributed by atoms with Crippen LogP contribution in [0.2, 0.25) is 0 Å². The maximum Gasteiger partial charge on any atom is 0.160 e. The summed E-state index contributed by atoms with van der Waals surface area (Å²) in [5, 5.41) is 10.8. The van der Waals surface area contributed by atoms with Gasteiger partial charge in [0.15, 0.2) is 11.5 Å². The van der Waals surface area contributed by atoms with Crippen molar-refractivity contribution in [3.8, 4) is 17.2 Å². The summed E-state index contributed by atoms with van der Waals surface area (Å²) in [5.74, 6) is 2.31. The summed E-state index contributed by atoms with van der Waals surface area (Å²) in [5.41, 5.74) is 5.20. The third kappa shape index (κ3) is 6.52. The predicted octanol–water partition coefficient (Wildman–Crippen LogP) is 4.68. The highest BCUT2D eigenvalue weighted by molar-refractivity contribution is 5.43. The minimum atomic E-state index is -0.581. The lowest BCUT2D eigenvalue weighted by molar-refractivity contribution is 0.0659. The van der Waals surface area contributed by atoms with Gasteiger partial charge < -0.3 is 19.3 Å². The zero-order valence-electron chi connectivity index (χ0n) is 20.2. The fraction of sp³-hybridized carbons (Fsp3) is 0.379. The summed E-state index contributed by atoms with van der Waals surface area (Å²) in [7, 11) is 3.30. The van der Waals surface area contributed by atoms with Crippen LogP contribution in [0, 0.1) is 0 Å². The van der Waals surface area contributed by atoms with Gasteiger partial charge >= 0.3 is 0 Å². The average molecular weight is 462 g/mol. The Morgan fingerprint density at radius 1 is 0.853 bits per heavy atom. The summed E-state index contributed by atoms with van der Waals surface area (Å²) in [6.45, 7) is 2.39. The molecule has 0 radical (unpaired) electrons. The molecule has 0 amide bonds. The average Bonchev–Trinajstić information content (AvgIpc) is 3.34. The van der Waals surface area contributed by atoms with E-state index < -0.39 is 6.10 Å². The molecular weight excluding hydrogens is 426 g/mol. The molecule has 34 heavy (non-hydrogen) atoms. The van der Waals surface area contributed by atoms with Crippen LogP contribution in [0.5, 0.6) is 17.2 Å². The van der Waals surface area contributed by atoms with Gasteiger partial charge in [-0.2, -0.15) is 0 Å². The fourth-order valence-corrected chi connectivity index (χ4v) is 4.58. The molecule has 5 nitrogen and oxygen atoms in total. The molecule has 0 bridgehead atoms. The van der Waals surface area contributed by atoms with Crippen LogP contribution < -0.4 is 14.2 Å². The Balaban J connectivity index is 1.36. The smallest absolute Gasteiger partial charge is 0.160 e. The molecule has 1 unspecified atom stereocenters. The van der Waals surface area contributed by atoms with E-state index in [-0.39, 0.29) is 6.61 Å². The number of hydrogen-bond donors (Lipinski definition) is 1. The van der Waals surface area contributed by atoms with Crippen molar-refractivity contribution in [2.45, 2.75) is 38.3 Å². The van der Waals surface area contributed by atoms with Gasteiger partial charge in [-0.3, -0.25) is 4.90 Å². The number of aliphatic hydroxyl groups is 1. The number of rotatable bonds is 12. The number of fused-ring (bicyclic) bond motifs is 1. The summed E-state index contributed by atoms with van der Waals surface area (Å²) in [6, 6.07) is 22.7. The number of benzene rings is 3. The second-order valence-corrected chi connectivity index (χ2v) is 8.91. The van der Waals surface area contributed by atoms with Crippen molar-refractivity contribution < 1.29 is 19.3 Å². The van der Waals surface area contributed by atoms with Gasteiger partial charge in [0, 0.05) is 19.6 Å². The number of aliphatic hydroxyl groups excluding tert-OH is 1. The molecule has 1 N–H and O–H groups in total. The molecule has 0 aliphatic heterocycles. The molecule has 1 atom stereocenters. The first-order valence-electron chi connectivity index (χ1n) is 12.0. The molecule has 1 aliphatic carbocycles. The molecule has 3 aromatic rings. The normalized spacial score (nSPS) is 13.5. The van der Waals surface area contributed by atoms with Gasteiger partial charge in [0.05, 0.1) is 14.2 Å². The van der Waals surface area contributed by atoms with Crippen LogP contribution in [-0.4, -0.2) is 50.0 Å². The van der Waals surface area contributed by atoms with Gasteiger partial charge in [0.1, 0.15) is 18.5 Å². The fourth-order valence-electron chi connectivity index (χ4n) is 4.58. The summed E-state index contributed by atoms with van der Waals surface area (Å²) < 4.78 is 16.8. The Morgan fingerprint density at radius 2 is 1.65 bits per heavy atom. The van der Waals surface area contributed by atoms with Crippen molar-refractivity contribution >= 4 is 0 Å². The summed E-state index contributed by atoms with van der Waals surface area (Å²) in [6.07, 6.45) is 3.76. The van der Waals surface area contributed by atoms with Gasteiger partial charge in [0.2, 0.25) is 0 Å². The number of aryl methyl sites for hydroxylation is 2. The van der Waals surface area contributed by atoms with Crippen LogP contribution >= 0.6 is 0 Å². The van der Waals surface area contributed by atoms with Gasteiger partial charge in [-0.25, -0.2) is 0 Å². The van der Waals surface area contributed by atoms with E-state index in [1.807, 2.05) is 24.3 Å². The van der Waals surface area contributed by atoms with Crippen molar-refractivity contribution in [1.82, 2.24) is 4.90 Å². The zero-order valence-corrected chi connectivity index (χ0v) is 20.2.